The Kier molecular flexibility index (Phi) is 5.34. The number of carbonyl (C=O) groups is 2. The number of benzene rings is 1. The molecule has 4 nitrogen and oxygen atoms in total. The maximum Gasteiger partial charge on any atom is 0.181 e. The summed E-state index contributed by atoms with van der Waals surface area (Å²) in [5, 5.41) is 1.04. The zero-order chi connectivity index (χ0) is 17.8. The molecule has 0 spiro atoms. The molecule has 0 saturated carbocycles. The van der Waals surface area contributed by atoms with Crippen LogP contribution in [0.4, 0.5) is 0 Å². The van der Waals surface area contributed by atoms with Crippen molar-refractivity contribution in [2.75, 3.05) is 0 Å². The number of aryl methyl sites for hydroxylation is 2. The summed E-state index contributed by atoms with van der Waals surface area (Å²) in [5.74, 6) is -0.0464. The molecule has 5 heteroatoms. The normalized spacial score (nSPS) is 11.0. The van der Waals surface area contributed by atoms with Crippen molar-refractivity contribution in [2.45, 2.75) is 39.5 Å². The molecule has 2 heterocycles. The van der Waals surface area contributed by atoms with Crippen molar-refractivity contribution in [1.29, 1.82) is 0 Å². The van der Waals surface area contributed by atoms with Crippen LogP contribution in [0.5, 0.6) is 0 Å². The second kappa shape index (κ2) is 7.66. The molecule has 0 fully saturated rings. The smallest absolute Gasteiger partial charge is 0.181 e. The van der Waals surface area contributed by atoms with E-state index in [0.29, 0.717) is 30.7 Å². The van der Waals surface area contributed by atoms with Crippen LogP contribution >= 0.6 is 11.3 Å². The molecule has 0 aliphatic rings. The van der Waals surface area contributed by atoms with Gasteiger partial charge in [0, 0.05) is 12.8 Å². The fourth-order valence-corrected chi connectivity index (χ4v) is 3.62. The molecule has 0 radical (unpaired) electrons. The van der Waals surface area contributed by atoms with Gasteiger partial charge in [0.2, 0.25) is 0 Å². The maximum atomic E-state index is 12.4. The fraction of sp³-hybridized carbons (Fsp3) is 0.300. The minimum absolute atomic E-state index is 0.0110. The van der Waals surface area contributed by atoms with Gasteiger partial charge in [0.15, 0.2) is 11.6 Å². The summed E-state index contributed by atoms with van der Waals surface area (Å²) in [6.45, 7) is 3.95. The van der Waals surface area contributed by atoms with Crippen molar-refractivity contribution in [2.24, 2.45) is 0 Å². The predicted molar refractivity (Wildman–Crippen MR) is 100 cm³/mol. The van der Waals surface area contributed by atoms with E-state index < -0.39 is 0 Å². The Morgan fingerprint density at radius 1 is 1.00 bits per heavy atom. The minimum atomic E-state index is -0.0354. The summed E-state index contributed by atoms with van der Waals surface area (Å²) in [4.78, 5) is 33.1. The minimum Gasteiger partial charge on any atom is -0.292 e. The lowest BCUT2D eigenvalue weighted by atomic mass is 10.0. The fourth-order valence-electron chi connectivity index (χ4n) is 2.73. The monoisotopic (exact) mass is 352 g/mol. The number of nitrogens with zero attached hydrogens (tertiary/aromatic N) is 2. The quantitative estimate of drug-likeness (QED) is 0.573. The molecule has 128 valence electrons. The van der Waals surface area contributed by atoms with Crippen molar-refractivity contribution in [3.63, 3.8) is 0 Å². The number of Topliss-reactive ketones (excluding diaryl/α,β-unsaturated/α-hetero) is 2. The summed E-state index contributed by atoms with van der Waals surface area (Å²) in [5.41, 5.74) is 2.87. The molecule has 3 rings (SSSR count). The molecule has 0 aliphatic heterocycles. The molecule has 0 aliphatic carbocycles. The van der Waals surface area contributed by atoms with Crippen molar-refractivity contribution in [1.82, 2.24) is 9.97 Å². The Morgan fingerprint density at radius 2 is 1.72 bits per heavy atom. The third kappa shape index (κ3) is 4.17. The second-order valence-corrected chi connectivity index (χ2v) is 7.27. The lowest BCUT2D eigenvalue weighted by molar-refractivity contribution is 0.0973. The Hall–Kier alpha value is -2.40. The van der Waals surface area contributed by atoms with Crippen molar-refractivity contribution in [3.05, 3.63) is 58.4 Å². The van der Waals surface area contributed by atoms with Crippen LogP contribution in [0.15, 0.2) is 36.4 Å². The number of hydrogen-bond donors (Lipinski definition) is 0. The largest absolute Gasteiger partial charge is 0.292 e. The molecule has 1 aromatic carbocycles. The Morgan fingerprint density at radius 3 is 2.44 bits per heavy atom. The number of pyridine rings is 1. The summed E-state index contributed by atoms with van der Waals surface area (Å²) in [7, 11) is 0. The van der Waals surface area contributed by atoms with E-state index in [1.54, 1.807) is 29.5 Å². The molecule has 0 amide bonds. The van der Waals surface area contributed by atoms with Crippen LogP contribution in [0.1, 0.15) is 57.7 Å². The van der Waals surface area contributed by atoms with E-state index in [2.05, 4.69) is 16.0 Å². The van der Waals surface area contributed by atoms with Gasteiger partial charge in [-0.05, 0) is 49.6 Å². The molecule has 0 atom stereocenters. The van der Waals surface area contributed by atoms with Gasteiger partial charge >= 0.3 is 0 Å². The maximum absolute atomic E-state index is 12.4. The van der Waals surface area contributed by atoms with Gasteiger partial charge in [-0.2, -0.15) is 0 Å². The first kappa shape index (κ1) is 17.4. The summed E-state index contributed by atoms with van der Waals surface area (Å²) in [6.07, 6.45) is 2.26. The second-order valence-electron chi connectivity index (χ2n) is 6.04. The Balaban J connectivity index is 1.69. The SMILES string of the molecule is CCCC(=O)c1cccc(C(=O)CCc2ccc3nc(C)sc3c2)n1. The van der Waals surface area contributed by atoms with Crippen molar-refractivity contribution >= 4 is 33.1 Å². The highest BCUT2D eigenvalue weighted by molar-refractivity contribution is 7.18. The number of carbonyl (C=O) groups excluding carboxylic acids is 2. The zero-order valence-electron chi connectivity index (χ0n) is 14.4. The van der Waals surface area contributed by atoms with Gasteiger partial charge in [0.25, 0.3) is 0 Å². The van der Waals surface area contributed by atoms with Crippen LogP contribution < -0.4 is 0 Å². The average molecular weight is 352 g/mol. The Labute approximate surface area is 150 Å². The van der Waals surface area contributed by atoms with E-state index in [1.165, 1.54) is 0 Å². The standard InChI is InChI=1S/C20H20N2O2S/c1-3-5-18(23)15-6-4-7-16(22-15)19(24)11-9-14-8-10-17-20(12-14)25-13(2)21-17/h4,6-8,10,12H,3,5,9,11H2,1-2H3. The van der Waals surface area contributed by atoms with Crippen LogP contribution in [0.2, 0.25) is 0 Å². The molecule has 0 bridgehead atoms. The van der Waals surface area contributed by atoms with Crippen molar-refractivity contribution < 1.29 is 9.59 Å². The third-order valence-electron chi connectivity index (χ3n) is 4.00. The summed E-state index contributed by atoms with van der Waals surface area (Å²) in [6, 6.07) is 11.2. The first-order valence-corrected chi connectivity index (χ1v) is 9.28. The number of thiazole rings is 1. The van der Waals surface area contributed by atoms with Crippen molar-refractivity contribution in [3.8, 4) is 0 Å². The van der Waals surface area contributed by atoms with Gasteiger partial charge in [-0.25, -0.2) is 9.97 Å². The number of hydrogen-bond acceptors (Lipinski definition) is 5. The van der Waals surface area contributed by atoms with Crippen LogP contribution in [0.3, 0.4) is 0 Å². The van der Waals surface area contributed by atoms with Crippen LogP contribution in [-0.2, 0) is 6.42 Å². The topological polar surface area (TPSA) is 59.9 Å². The van der Waals surface area contributed by atoms with E-state index in [1.807, 2.05) is 26.0 Å². The summed E-state index contributed by atoms with van der Waals surface area (Å²) < 4.78 is 1.15. The van der Waals surface area contributed by atoms with E-state index in [-0.39, 0.29) is 11.6 Å². The van der Waals surface area contributed by atoms with Crippen LogP contribution in [-0.4, -0.2) is 21.5 Å². The van der Waals surface area contributed by atoms with Gasteiger partial charge < -0.3 is 0 Å². The van der Waals surface area contributed by atoms with Gasteiger partial charge in [0.1, 0.15) is 11.4 Å². The van der Waals surface area contributed by atoms with Crippen LogP contribution in [0.25, 0.3) is 10.2 Å². The lowest BCUT2D eigenvalue weighted by Gasteiger charge is -2.04. The molecule has 3 aromatic rings. The molecule has 25 heavy (non-hydrogen) atoms. The van der Waals surface area contributed by atoms with Gasteiger partial charge in [-0.1, -0.05) is 19.1 Å². The third-order valence-corrected chi connectivity index (χ3v) is 4.93. The highest BCUT2D eigenvalue weighted by Crippen LogP contribution is 2.23. The molecule has 2 aromatic heterocycles. The summed E-state index contributed by atoms with van der Waals surface area (Å²) >= 11 is 1.66. The highest BCUT2D eigenvalue weighted by atomic mass is 32.1. The molecule has 0 N–H and O–H groups in total. The first-order chi connectivity index (χ1) is 12.1. The average Bonchev–Trinajstić information content (AvgIpc) is 2.99. The number of aromatic nitrogens is 2. The van der Waals surface area contributed by atoms with E-state index in [0.717, 1.165) is 27.2 Å². The van der Waals surface area contributed by atoms with E-state index >= 15 is 0 Å². The number of fused-ring (bicyclic) bond motifs is 1. The first-order valence-electron chi connectivity index (χ1n) is 8.46. The molecular formula is C20H20N2O2S. The lowest BCUT2D eigenvalue weighted by Crippen LogP contribution is -2.08. The van der Waals surface area contributed by atoms with Gasteiger partial charge in [-0.3, -0.25) is 9.59 Å². The highest BCUT2D eigenvalue weighted by Gasteiger charge is 2.12. The number of rotatable bonds is 7. The van der Waals surface area contributed by atoms with E-state index in [4.69, 9.17) is 0 Å². The zero-order valence-corrected chi connectivity index (χ0v) is 15.2. The van der Waals surface area contributed by atoms with Crippen LogP contribution in [0, 0.1) is 6.92 Å². The Bertz CT molecular complexity index is 930. The van der Waals surface area contributed by atoms with Gasteiger partial charge in [-0.15, -0.1) is 11.3 Å². The molecular weight excluding hydrogens is 332 g/mol. The number of ketones is 2. The van der Waals surface area contributed by atoms with Gasteiger partial charge in [0.05, 0.1) is 15.2 Å². The molecule has 0 saturated heterocycles. The molecule has 0 unspecified atom stereocenters. The predicted octanol–water partition coefficient (Wildman–Crippen LogP) is 4.80. The van der Waals surface area contributed by atoms with E-state index in [9.17, 15) is 9.59 Å².